The molecule has 0 radical (unpaired) electrons. The van der Waals surface area contributed by atoms with Crippen LogP contribution in [0.2, 0.25) is 0 Å². The Bertz CT molecular complexity index is 330. The molecule has 2 nitrogen and oxygen atoms in total. The van der Waals surface area contributed by atoms with Gasteiger partial charge in [0.2, 0.25) is 0 Å². The number of rotatable bonds is 9. The highest BCUT2D eigenvalue weighted by molar-refractivity contribution is 8.00. The van der Waals surface area contributed by atoms with Gasteiger partial charge in [0.15, 0.2) is 0 Å². The highest BCUT2D eigenvalue weighted by Crippen LogP contribution is 2.30. The van der Waals surface area contributed by atoms with Crippen molar-refractivity contribution in [2.45, 2.75) is 37.5 Å². The van der Waals surface area contributed by atoms with E-state index < -0.39 is 0 Å². The van der Waals surface area contributed by atoms with Gasteiger partial charge < -0.3 is 10.1 Å². The fourth-order valence-electron chi connectivity index (χ4n) is 2.30. The van der Waals surface area contributed by atoms with Crippen molar-refractivity contribution in [3.8, 4) is 0 Å². The van der Waals surface area contributed by atoms with E-state index in [2.05, 4.69) is 55.8 Å². The molecule has 0 aliphatic heterocycles. The molecule has 0 heterocycles. The van der Waals surface area contributed by atoms with Crippen LogP contribution >= 0.6 is 11.8 Å². The number of hydrogen-bond donors (Lipinski definition) is 1. The summed E-state index contributed by atoms with van der Waals surface area (Å²) >= 11 is 1.97. The van der Waals surface area contributed by atoms with E-state index in [9.17, 15) is 0 Å². The van der Waals surface area contributed by atoms with Gasteiger partial charge in [0.05, 0.1) is 12.6 Å². The summed E-state index contributed by atoms with van der Waals surface area (Å²) in [5, 5.41) is 3.68. The molecule has 0 bridgehead atoms. The third-order valence-corrected chi connectivity index (χ3v) is 5.52. The molecule has 108 valence electrons. The summed E-state index contributed by atoms with van der Waals surface area (Å²) in [6.07, 6.45) is 4.58. The Morgan fingerprint density at radius 1 is 1.21 bits per heavy atom. The summed E-state index contributed by atoms with van der Waals surface area (Å²) < 4.78 is 5.69. The molecule has 0 saturated carbocycles. The van der Waals surface area contributed by atoms with Gasteiger partial charge in [0.1, 0.15) is 0 Å². The monoisotopic (exact) mass is 281 g/mol. The predicted octanol–water partition coefficient (Wildman–Crippen LogP) is 3.89. The van der Waals surface area contributed by atoms with Gasteiger partial charge >= 0.3 is 0 Å². The predicted molar refractivity (Wildman–Crippen MR) is 85.9 cm³/mol. The van der Waals surface area contributed by atoms with Crippen LogP contribution < -0.4 is 5.32 Å². The van der Waals surface area contributed by atoms with Crippen molar-refractivity contribution in [2.75, 3.05) is 26.5 Å². The van der Waals surface area contributed by atoms with Gasteiger partial charge in [0.25, 0.3) is 0 Å². The van der Waals surface area contributed by atoms with Crippen molar-refractivity contribution in [3.63, 3.8) is 0 Å². The zero-order chi connectivity index (χ0) is 14.1. The Morgan fingerprint density at radius 2 is 1.84 bits per heavy atom. The van der Waals surface area contributed by atoms with Gasteiger partial charge in [-0.05, 0) is 24.7 Å². The standard InChI is InChI=1S/C16H27NOS/c1-5-16(6-2,19-4)13-17-15(12-18-3)14-10-8-7-9-11-14/h7-11,15,17H,5-6,12-13H2,1-4H3. The Labute approximate surface area is 122 Å². The van der Waals surface area contributed by atoms with Crippen LogP contribution in [0.5, 0.6) is 0 Å². The molecule has 1 unspecified atom stereocenters. The van der Waals surface area contributed by atoms with Gasteiger partial charge in [-0.15, -0.1) is 0 Å². The molecule has 1 aromatic rings. The van der Waals surface area contributed by atoms with E-state index in [1.165, 1.54) is 18.4 Å². The van der Waals surface area contributed by atoms with Crippen LogP contribution in [0.4, 0.5) is 0 Å². The number of ether oxygens (including phenoxy) is 1. The van der Waals surface area contributed by atoms with Crippen molar-refractivity contribution in [3.05, 3.63) is 35.9 Å². The first-order chi connectivity index (χ1) is 9.21. The fraction of sp³-hybridized carbons (Fsp3) is 0.625. The van der Waals surface area contributed by atoms with Gasteiger partial charge in [-0.3, -0.25) is 0 Å². The smallest absolute Gasteiger partial charge is 0.0657 e. The third-order valence-electron chi connectivity index (χ3n) is 3.93. The summed E-state index contributed by atoms with van der Waals surface area (Å²) in [7, 11) is 1.76. The second-order valence-corrected chi connectivity index (χ2v) is 6.17. The number of hydrogen-bond acceptors (Lipinski definition) is 3. The third kappa shape index (κ3) is 4.83. The first-order valence-electron chi connectivity index (χ1n) is 7.03. The quantitative estimate of drug-likeness (QED) is 0.742. The maximum atomic E-state index is 5.36. The lowest BCUT2D eigenvalue weighted by atomic mass is 10.0. The summed E-state index contributed by atoms with van der Waals surface area (Å²) in [5.41, 5.74) is 1.30. The Morgan fingerprint density at radius 3 is 2.32 bits per heavy atom. The highest BCUT2D eigenvalue weighted by atomic mass is 32.2. The summed E-state index contributed by atoms with van der Waals surface area (Å²) in [5.74, 6) is 0. The number of thioether (sulfide) groups is 1. The summed E-state index contributed by atoms with van der Waals surface area (Å²) in [6, 6.07) is 10.8. The first kappa shape index (κ1) is 16.5. The molecule has 0 fully saturated rings. The van der Waals surface area contributed by atoms with E-state index in [1.807, 2.05) is 11.8 Å². The van der Waals surface area contributed by atoms with Crippen molar-refractivity contribution in [1.82, 2.24) is 5.32 Å². The van der Waals surface area contributed by atoms with Crippen LogP contribution in [-0.2, 0) is 4.74 Å². The zero-order valence-electron chi connectivity index (χ0n) is 12.6. The maximum absolute atomic E-state index is 5.36. The summed E-state index contributed by atoms with van der Waals surface area (Å²) in [6.45, 7) is 6.27. The zero-order valence-corrected chi connectivity index (χ0v) is 13.4. The highest BCUT2D eigenvalue weighted by Gasteiger charge is 2.26. The Balaban J connectivity index is 2.69. The minimum Gasteiger partial charge on any atom is -0.383 e. The SMILES string of the molecule is CCC(CC)(CNC(COC)c1ccccc1)SC. The van der Waals surface area contributed by atoms with E-state index in [0.717, 1.165) is 6.54 Å². The van der Waals surface area contributed by atoms with Crippen molar-refractivity contribution >= 4 is 11.8 Å². The van der Waals surface area contributed by atoms with E-state index >= 15 is 0 Å². The second kappa shape index (κ2) is 8.62. The molecule has 1 aromatic carbocycles. The number of methoxy groups -OCH3 is 1. The fourth-order valence-corrected chi connectivity index (χ4v) is 3.10. The second-order valence-electron chi connectivity index (χ2n) is 4.89. The average Bonchev–Trinajstić information content (AvgIpc) is 2.49. The molecular weight excluding hydrogens is 254 g/mol. The normalized spacial score (nSPS) is 13.5. The molecule has 1 atom stereocenters. The summed E-state index contributed by atoms with van der Waals surface area (Å²) in [4.78, 5) is 0. The van der Waals surface area contributed by atoms with Gasteiger partial charge in [0, 0.05) is 18.4 Å². The van der Waals surface area contributed by atoms with Crippen LogP contribution in [-0.4, -0.2) is 31.3 Å². The molecule has 3 heteroatoms. The van der Waals surface area contributed by atoms with E-state index in [1.54, 1.807) is 7.11 Å². The molecule has 0 spiro atoms. The molecule has 0 saturated heterocycles. The number of nitrogens with one attached hydrogen (secondary N) is 1. The van der Waals surface area contributed by atoms with Crippen molar-refractivity contribution < 1.29 is 4.74 Å². The lowest BCUT2D eigenvalue weighted by molar-refractivity contribution is 0.165. The van der Waals surface area contributed by atoms with Crippen molar-refractivity contribution in [1.29, 1.82) is 0 Å². The molecule has 1 rings (SSSR count). The van der Waals surface area contributed by atoms with Crippen LogP contribution in [0, 0.1) is 0 Å². The lowest BCUT2D eigenvalue weighted by Crippen LogP contribution is -2.39. The van der Waals surface area contributed by atoms with E-state index in [0.29, 0.717) is 11.4 Å². The van der Waals surface area contributed by atoms with Gasteiger partial charge in [-0.2, -0.15) is 11.8 Å². The molecular formula is C16H27NOS. The van der Waals surface area contributed by atoms with Crippen LogP contribution in [0.15, 0.2) is 30.3 Å². The molecule has 1 N–H and O–H groups in total. The first-order valence-corrected chi connectivity index (χ1v) is 8.26. The maximum Gasteiger partial charge on any atom is 0.0657 e. The van der Waals surface area contributed by atoms with E-state index in [-0.39, 0.29) is 6.04 Å². The molecule has 0 aliphatic carbocycles. The van der Waals surface area contributed by atoms with Crippen LogP contribution in [0.1, 0.15) is 38.3 Å². The van der Waals surface area contributed by atoms with Crippen LogP contribution in [0.25, 0.3) is 0 Å². The molecule has 0 amide bonds. The average molecular weight is 281 g/mol. The molecule has 0 aliphatic rings. The topological polar surface area (TPSA) is 21.3 Å². The molecule has 19 heavy (non-hydrogen) atoms. The lowest BCUT2D eigenvalue weighted by Gasteiger charge is -2.32. The largest absolute Gasteiger partial charge is 0.383 e. The van der Waals surface area contributed by atoms with Gasteiger partial charge in [-0.1, -0.05) is 44.2 Å². The molecule has 0 aromatic heterocycles. The van der Waals surface area contributed by atoms with Gasteiger partial charge in [-0.25, -0.2) is 0 Å². The Hall–Kier alpha value is -0.510. The van der Waals surface area contributed by atoms with Crippen LogP contribution in [0.3, 0.4) is 0 Å². The minimum absolute atomic E-state index is 0.274. The van der Waals surface area contributed by atoms with E-state index in [4.69, 9.17) is 4.74 Å². The minimum atomic E-state index is 0.274. The Kier molecular flexibility index (Phi) is 7.51. The number of benzene rings is 1. The van der Waals surface area contributed by atoms with Crippen molar-refractivity contribution in [2.24, 2.45) is 0 Å².